The monoisotopic (exact) mass is 511 g/mol. The van der Waals surface area contributed by atoms with Gasteiger partial charge in [0.25, 0.3) is 5.91 Å². The summed E-state index contributed by atoms with van der Waals surface area (Å²) in [6.45, 7) is 1.92. The average Bonchev–Trinajstić information content (AvgIpc) is 2.89. The van der Waals surface area contributed by atoms with E-state index >= 15 is 0 Å². The number of nitrogens with zero attached hydrogens (tertiary/aromatic N) is 4. The fraction of sp³-hybridized carbons (Fsp3) is 0.125. The molecule has 190 valence electrons. The summed E-state index contributed by atoms with van der Waals surface area (Å²) in [7, 11) is 1.43. The molecule has 0 saturated carbocycles. The van der Waals surface area contributed by atoms with Crippen molar-refractivity contribution in [2.75, 3.05) is 24.4 Å². The number of hydroxylamine groups is 1. The van der Waals surface area contributed by atoms with Crippen molar-refractivity contribution < 1.29 is 27.5 Å². The number of anilines is 4. The summed E-state index contributed by atoms with van der Waals surface area (Å²) >= 11 is 0. The number of halogens is 3. The molecule has 3 aromatic heterocycles. The van der Waals surface area contributed by atoms with Gasteiger partial charge in [-0.05, 0) is 19.1 Å². The van der Waals surface area contributed by atoms with Crippen LogP contribution in [-0.4, -0.2) is 39.6 Å². The molecule has 0 fully saturated rings. The molecule has 0 saturated heterocycles. The lowest BCUT2D eigenvalue weighted by molar-refractivity contribution is 0.0365. The van der Waals surface area contributed by atoms with Crippen molar-refractivity contribution >= 4 is 28.9 Å². The number of nitrogens with one attached hydrogen (secondary N) is 3. The summed E-state index contributed by atoms with van der Waals surface area (Å²) in [5, 5.41) is 5.75. The van der Waals surface area contributed by atoms with E-state index in [1.54, 1.807) is 25.1 Å². The molecule has 13 heteroatoms. The number of pyridine rings is 2. The molecule has 0 aliphatic heterocycles. The third-order valence-corrected chi connectivity index (χ3v) is 4.86. The number of rotatable bonds is 9. The van der Waals surface area contributed by atoms with Crippen LogP contribution >= 0.6 is 0 Å². The van der Waals surface area contributed by atoms with E-state index in [-0.39, 0.29) is 35.3 Å². The summed E-state index contributed by atoms with van der Waals surface area (Å²) in [4.78, 5) is 33.5. The Morgan fingerprint density at radius 2 is 1.68 bits per heavy atom. The Morgan fingerprint density at radius 1 is 0.919 bits per heavy atom. The minimum absolute atomic E-state index is 0.0806. The van der Waals surface area contributed by atoms with E-state index in [1.807, 2.05) is 0 Å². The van der Waals surface area contributed by atoms with Crippen LogP contribution in [0.3, 0.4) is 0 Å². The topological polar surface area (TPSA) is 123 Å². The Bertz CT molecular complexity index is 1420. The Labute approximate surface area is 208 Å². The van der Waals surface area contributed by atoms with Crippen molar-refractivity contribution in [3.8, 4) is 17.1 Å². The van der Waals surface area contributed by atoms with Crippen LogP contribution in [0.25, 0.3) is 11.4 Å². The number of ether oxygens (including phenoxy) is 1. The first-order chi connectivity index (χ1) is 17.9. The third-order valence-electron chi connectivity index (χ3n) is 4.86. The summed E-state index contributed by atoms with van der Waals surface area (Å²) in [5.41, 5.74) is 3.46. The molecule has 0 bridgehead atoms. The van der Waals surface area contributed by atoms with Crippen molar-refractivity contribution in [2.24, 2.45) is 0 Å². The van der Waals surface area contributed by atoms with Crippen LogP contribution in [0.1, 0.15) is 17.3 Å². The maximum atomic E-state index is 14.1. The van der Waals surface area contributed by atoms with Crippen LogP contribution in [0.15, 0.2) is 55.1 Å². The molecule has 0 spiro atoms. The number of benzene rings is 1. The first-order valence-corrected chi connectivity index (χ1v) is 10.8. The summed E-state index contributed by atoms with van der Waals surface area (Å²) < 4.78 is 46.2. The first-order valence-electron chi connectivity index (χ1n) is 10.8. The molecule has 3 N–H and O–H groups in total. The molecule has 1 amide bonds. The highest BCUT2D eigenvalue weighted by Gasteiger charge is 2.19. The van der Waals surface area contributed by atoms with Gasteiger partial charge in [-0.1, -0.05) is 6.07 Å². The predicted molar refractivity (Wildman–Crippen MR) is 128 cm³/mol. The third kappa shape index (κ3) is 5.90. The van der Waals surface area contributed by atoms with Gasteiger partial charge in [-0.25, -0.2) is 38.6 Å². The summed E-state index contributed by atoms with van der Waals surface area (Å²) in [6.07, 6.45) is 4.14. The van der Waals surface area contributed by atoms with E-state index < -0.39 is 23.4 Å². The van der Waals surface area contributed by atoms with Gasteiger partial charge in [-0.3, -0.25) is 9.63 Å². The van der Waals surface area contributed by atoms with E-state index in [0.29, 0.717) is 23.1 Å². The molecular formula is C24H20F3N7O3. The highest BCUT2D eigenvalue weighted by Crippen LogP contribution is 2.37. The Balaban J connectivity index is 1.74. The molecule has 0 radical (unpaired) electrons. The fourth-order valence-electron chi connectivity index (χ4n) is 3.26. The molecule has 0 aliphatic rings. The fourth-order valence-corrected chi connectivity index (χ4v) is 3.26. The lowest BCUT2D eigenvalue weighted by Gasteiger charge is -2.17. The van der Waals surface area contributed by atoms with Crippen LogP contribution < -0.4 is 20.9 Å². The van der Waals surface area contributed by atoms with E-state index in [1.165, 1.54) is 19.4 Å². The zero-order valence-electron chi connectivity index (χ0n) is 19.6. The second-order valence-corrected chi connectivity index (χ2v) is 7.32. The molecule has 4 rings (SSSR count). The van der Waals surface area contributed by atoms with Gasteiger partial charge in [0.05, 0.1) is 54.8 Å². The number of methoxy groups -OCH3 is 1. The lowest BCUT2D eigenvalue weighted by Crippen LogP contribution is -2.24. The van der Waals surface area contributed by atoms with Gasteiger partial charge in [-0.2, -0.15) is 0 Å². The number of hydrogen-bond donors (Lipinski definition) is 3. The largest absolute Gasteiger partial charge is 0.494 e. The van der Waals surface area contributed by atoms with Gasteiger partial charge in [0.15, 0.2) is 29.0 Å². The summed E-state index contributed by atoms with van der Waals surface area (Å²) in [5.74, 6) is -2.60. The standard InChI is InChI=1S/C24H20F3N7O3/c1-3-37-34-24(35)16-12-28-20(33-23-17(27)7-13(25)9-31-23)8-19(16)32-18-6-4-5-15(21(18)36-2)22-29-10-14(26)11-30-22/h4-12H,3H2,1-2H3,(H,34,35)(H2,28,31,32,33). The molecule has 37 heavy (non-hydrogen) atoms. The number of carbonyl (C=O) groups excluding carboxylic acids is 1. The zero-order chi connectivity index (χ0) is 26.4. The number of carbonyl (C=O) groups is 1. The Hall–Kier alpha value is -4.78. The average molecular weight is 511 g/mol. The van der Waals surface area contributed by atoms with Crippen molar-refractivity contribution in [3.05, 3.63) is 78.1 Å². The van der Waals surface area contributed by atoms with Crippen LogP contribution in [0.5, 0.6) is 5.75 Å². The van der Waals surface area contributed by atoms with Crippen LogP contribution in [-0.2, 0) is 4.84 Å². The highest BCUT2D eigenvalue weighted by atomic mass is 19.1. The van der Waals surface area contributed by atoms with Gasteiger partial charge in [-0.15, -0.1) is 0 Å². The van der Waals surface area contributed by atoms with E-state index in [9.17, 15) is 18.0 Å². The second kappa shape index (κ2) is 11.3. The maximum Gasteiger partial charge on any atom is 0.278 e. The molecule has 4 aromatic rings. The SMILES string of the molecule is CCONC(=O)c1cnc(Nc2ncc(F)cc2F)cc1Nc1cccc(-c2ncc(F)cn2)c1OC. The van der Waals surface area contributed by atoms with Crippen molar-refractivity contribution in [1.82, 2.24) is 25.4 Å². The van der Waals surface area contributed by atoms with E-state index in [4.69, 9.17) is 9.57 Å². The number of hydrogen-bond acceptors (Lipinski definition) is 9. The Morgan fingerprint density at radius 3 is 2.38 bits per heavy atom. The van der Waals surface area contributed by atoms with Gasteiger partial charge in [0.2, 0.25) is 0 Å². The molecule has 0 atom stereocenters. The summed E-state index contributed by atoms with van der Waals surface area (Å²) in [6, 6.07) is 7.14. The second-order valence-electron chi connectivity index (χ2n) is 7.32. The predicted octanol–water partition coefficient (Wildman–Crippen LogP) is 4.53. The number of amides is 1. The minimum atomic E-state index is -0.928. The van der Waals surface area contributed by atoms with Crippen molar-refractivity contribution in [3.63, 3.8) is 0 Å². The Kier molecular flexibility index (Phi) is 7.74. The quantitative estimate of drug-likeness (QED) is 0.278. The van der Waals surface area contributed by atoms with E-state index in [0.717, 1.165) is 18.6 Å². The van der Waals surface area contributed by atoms with Gasteiger partial charge in [0, 0.05) is 18.3 Å². The smallest absolute Gasteiger partial charge is 0.278 e. The van der Waals surface area contributed by atoms with Crippen molar-refractivity contribution in [2.45, 2.75) is 6.92 Å². The van der Waals surface area contributed by atoms with Crippen molar-refractivity contribution in [1.29, 1.82) is 0 Å². The highest BCUT2D eigenvalue weighted by molar-refractivity contribution is 6.00. The number of para-hydroxylation sites is 1. The molecule has 3 heterocycles. The lowest BCUT2D eigenvalue weighted by atomic mass is 10.1. The zero-order valence-corrected chi connectivity index (χ0v) is 19.6. The first kappa shape index (κ1) is 25.3. The normalized spacial score (nSPS) is 10.6. The molecular weight excluding hydrogens is 491 g/mol. The molecule has 10 nitrogen and oxygen atoms in total. The van der Waals surface area contributed by atoms with E-state index in [2.05, 4.69) is 36.0 Å². The minimum Gasteiger partial charge on any atom is -0.494 e. The molecule has 0 unspecified atom stereocenters. The maximum absolute atomic E-state index is 14.1. The van der Waals surface area contributed by atoms with Gasteiger partial charge < -0.3 is 15.4 Å². The van der Waals surface area contributed by atoms with Crippen LogP contribution in [0.4, 0.5) is 36.2 Å². The van der Waals surface area contributed by atoms with Crippen LogP contribution in [0.2, 0.25) is 0 Å². The van der Waals surface area contributed by atoms with Gasteiger partial charge in [0.1, 0.15) is 11.6 Å². The molecule has 0 aliphatic carbocycles. The van der Waals surface area contributed by atoms with Crippen LogP contribution in [0, 0.1) is 17.5 Å². The number of aromatic nitrogens is 4. The molecule has 1 aromatic carbocycles. The van der Waals surface area contributed by atoms with Gasteiger partial charge >= 0.3 is 0 Å².